The summed E-state index contributed by atoms with van der Waals surface area (Å²) in [6.07, 6.45) is 7.88. The van der Waals surface area contributed by atoms with E-state index in [1.165, 1.54) is 25.7 Å². The molecule has 1 heterocycles. The smallest absolute Gasteiger partial charge is 0.226 e. The second-order valence-corrected chi connectivity index (χ2v) is 6.70. The Kier molecular flexibility index (Phi) is 2.90. The van der Waals surface area contributed by atoms with Gasteiger partial charge in [-0.2, -0.15) is 0 Å². The Morgan fingerprint density at radius 3 is 3.00 bits per heavy atom. The molecule has 4 heteroatoms. The molecule has 2 saturated carbocycles. The Morgan fingerprint density at radius 2 is 2.41 bits per heavy atom. The highest BCUT2D eigenvalue weighted by Gasteiger charge is 2.40. The maximum atomic E-state index is 11.9. The zero-order valence-corrected chi connectivity index (χ0v) is 10.9. The average molecular weight is 250 g/mol. The molecule has 17 heavy (non-hydrogen) atoms. The van der Waals surface area contributed by atoms with Crippen molar-refractivity contribution in [1.29, 1.82) is 0 Å². The number of aromatic nitrogens is 1. The van der Waals surface area contributed by atoms with Crippen LogP contribution in [-0.4, -0.2) is 10.9 Å². The van der Waals surface area contributed by atoms with E-state index in [-0.39, 0.29) is 5.91 Å². The van der Waals surface area contributed by atoms with E-state index in [1.54, 1.807) is 17.5 Å². The van der Waals surface area contributed by atoms with E-state index >= 15 is 0 Å². The summed E-state index contributed by atoms with van der Waals surface area (Å²) >= 11 is 1.55. The van der Waals surface area contributed by atoms with Crippen molar-refractivity contribution >= 4 is 22.4 Å². The quantitative estimate of drug-likeness (QED) is 0.895. The van der Waals surface area contributed by atoms with Crippen LogP contribution in [0.2, 0.25) is 0 Å². The third kappa shape index (κ3) is 2.37. The predicted molar refractivity (Wildman–Crippen MR) is 69.0 cm³/mol. The van der Waals surface area contributed by atoms with Gasteiger partial charge in [0, 0.05) is 17.5 Å². The second kappa shape index (κ2) is 4.41. The molecule has 2 aliphatic rings. The monoisotopic (exact) mass is 250 g/mol. The number of amides is 1. The number of aryl methyl sites for hydroxylation is 1. The summed E-state index contributed by atoms with van der Waals surface area (Å²) in [7, 11) is 0. The molecule has 0 aromatic carbocycles. The van der Waals surface area contributed by atoms with Crippen LogP contribution in [-0.2, 0) is 4.79 Å². The molecule has 0 radical (unpaired) electrons. The van der Waals surface area contributed by atoms with Gasteiger partial charge < -0.3 is 5.32 Å². The molecule has 3 atom stereocenters. The summed E-state index contributed by atoms with van der Waals surface area (Å²) in [4.78, 5) is 17.2. The fourth-order valence-electron chi connectivity index (χ4n) is 3.45. The molecule has 0 saturated heterocycles. The molecule has 0 spiro atoms. The minimum atomic E-state index is 0.150. The summed E-state index contributed by atoms with van der Waals surface area (Å²) in [6.45, 7) is 2.00. The minimum Gasteiger partial charge on any atom is -0.302 e. The summed E-state index contributed by atoms with van der Waals surface area (Å²) in [5.41, 5.74) is 0. The van der Waals surface area contributed by atoms with Crippen LogP contribution in [0.4, 0.5) is 5.13 Å². The minimum absolute atomic E-state index is 0.150. The summed E-state index contributed by atoms with van der Waals surface area (Å²) in [6, 6.07) is 0. The van der Waals surface area contributed by atoms with Crippen molar-refractivity contribution in [1.82, 2.24) is 4.98 Å². The number of carbonyl (C=O) groups is 1. The predicted octanol–water partition coefficient (Wildman–Crippen LogP) is 3.22. The Labute approximate surface area is 106 Å². The van der Waals surface area contributed by atoms with Gasteiger partial charge in [0.25, 0.3) is 0 Å². The van der Waals surface area contributed by atoms with E-state index in [0.29, 0.717) is 12.3 Å². The first-order valence-corrected chi connectivity index (χ1v) is 7.24. The van der Waals surface area contributed by atoms with Crippen molar-refractivity contribution in [3.63, 3.8) is 0 Å². The number of nitrogens with one attached hydrogen (secondary N) is 1. The molecule has 1 aromatic rings. The molecule has 0 aliphatic heterocycles. The van der Waals surface area contributed by atoms with Crippen LogP contribution in [0.15, 0.2) is 6.20 Å². The molecule has 0 unspecified atom stereocenters. The van der Waals surface area contributed by atoms with Crippen molar-refractivity contribution in [2.75, 3.05) is 5.32 Å². The maximum absolute atomic E-state index is 11.9. The van der Waals surface area contributed by atoms with Gasteiger partial charge in [-0.15, -0.1) is 11.3 Å². The first kappa shape index (κ1) is 11.2. The summed E-state index contributed by atoms with van der Waals surface area (Å²) in [5.74, 6) is 2.52. The van der Waals surface area contributed by atoms with Crippen LogP contribution in [0.3, 0.4) is 0 Å². The summed E-state index contributed by atoms with van der Waals surface area (Å²) in [5, 5.41) is 3.66. The van der Waals surface area contributed by atoms with E-state index in [9.17, 15) is 4.79 Å². The largest absolute Gasteiger partial charge is 0.302 e. The molecule has 92 valence electrons. The Hall–Kier alpha value is -0.900. The lowest BCUT2D eigenvalue weighted by Gasteiger charge is -2.20. The van der Waals surface area contributed by atoms with E-state index < -0.39 is 0 Å². The van der Waals surface area contributed by atoms with Gasteiger partial charge in [0.2, 0.25) is 5.91 Å². The standard InChI is InChI=1S/C13H18N2OS/c1-8-7-14-13(17-8)15-12(16)6-11-5-9-2-3-10(11)4-9/h7,9-11H,2-6H2,1H3,(H,14,15,16)/t9-,10+,11-/m0/s1. The number of thiazole rings is 1. The first-order valence-electron chi connectivity index (χ1n) is 6.43. The zero-order chi connectivity index (χ0) is 11.8. The number of fused-ring (bicyclic) bond motifs is 2. The molecule has 1 amide bonds. The average Bonchev–Trinajstić information content (AvgIpc) is 2.95. The number of carbonyl (C=O) groups excluding carboxylic acids is 1. The third-order valence-corrected chi connectivity index (χ3v) is 5.03. The Morgan fingerprint density at radius 1 is 1.53 bits per heavy atom. The van der Waals surface area contributed by atoms with E-state index in [4.69, 9.17) is 0 Å². The Bertz CT molecular complexity index is 429. The third-order valence-electron chi connectivity index (χ3n) is 4.20. The van der Waals surface area contributed by atoms with Crippen molar-refractivity contribution in [2.45, 2.75) is 39.0 Å². The van der Waals surface area contributed by atoms with Crippen LogP contribution in [0.5, 0.6) is 0 Å². The molecule has 2 bridgehead atoms. The number of rotatable bonds is 3. The van der Waals surface area contributed by atoms with Crippen molar-refractivity contribution < 1.29 is 4.79 Å². The van der Waals surface area contributed by atoms with E-state index in [1.807, 2.05) is 6.92 Å². The first-order chi connectivity index (χ1) is 8.20. The van der Waals surface area contributed by atoms with Gasteiger partial charge in [-0.25, -0.2) is 4.98 Å². The highest BCUT2D eigenvalue weighted by atomic mass is 32.1. The van der Waals surface area contributed by atoms with Gasteiger partial charge in [-0.1, -0.05) is 6.42 Å². The van der Waals surface area contributed by atoms with Crippen LogP contribution in [0.25, 0.3) is 0 Å². The molecule has 2 aliphatic carbocycles. The second-order valence-electron chi connectivity index (χ2n) is 5.46. The fourth-order valence-corrected chi connectivity index (χ4v) is 4.13. The molecule has 3 nitrogen and oxygen atoms in total. The van der Waals surface area contributed by atoms with Gasteiger partial charge in [0.05, 0.1) is 0 Å². The molecule has 1 aromatic heterocycles. The van der Waals surface area contributed by atoms with Crippen molar-refractivity contribution in [2.24, 2.45) is 17.8 Å². The van der Waals surface area contributed by atoms with E-state index in [0.717, 1.165) is 21.8 Å². The maximum Gasteiger partial charge on any atom is 0.226 e. The van der Waals surface area contributed by atoms with Crippen LogP contribution in [0.1, 0.15) is 37.0 Å². The van der Waals surface area contributed by atoms with Crippen LogP contribution >= 0.6 is 11.3 Å². The SMILES string of the molecule is Cc1cnc(NC(=O)C[C@@H]2C[C@H]3CC[C@@H]2C3)s1. The molecule has 1 N–H and O–H groups in total. The highest BCUT2D eigenvalue weighted by molar-refractivity contribution is 7.15. The number of hydrogen-bond donors (Lipinski definition) is 1. The van der Waals surface area contributed by atoms with Crippen molar-refractivity contribution in [3.05, 3.63) is 11.1 Å². The lowest BCUT2D eigenvalue weighted by atomic mass is 9.86. The summed E-state index contributed by atoms with van der Waals surface area (Å²) < 4.78 is 0. The van der Waals surface area contributed by atoms with Crippen LogP contribution < -0.4 is 5.32 Å². The van der Waals surface area contributed by atoms with Gasteiger partial charge in [0.15, 0.2) is 5.13 Å². The molecular weight excluding hydrogens is 232 g/mol. The zero-order valence-electron chi connectivity index (χ0n) is 10.1. The number of nitrogens with zero attached hydrogens (tertiary/aromatic N) is 1. The van der Waals surface area contributed by atoms with Gasteiger partial charge in [-0.05, 0) is 43.9 Å². The van der Waals surface area contributed by atoms with Crippen LogP contribution in [0, 0.1) is 24.7 Å². The lowest BCUT2D eigenvalue weighted by molar-refractivity contribution is -0.117. The molecular formula is C13H18N2OS. The topological polar surface area (TPSA) is 42.0 Å². The van der Waals surface area contributed by atoms with E-state index in [2.05, 4.69) is 10.3 Å². The highest BCUT2D eigenvalue weighted by Crippen LogP contribution is 2.49. The number of anilines is 1. The molecule has 3 rings (SSSR count). The normalized spacial score (nSPS) is 30.8. The fraction of sp³-hybridized carbons (Fsp3) is 0.692. The Balaban J connectivity index is 1.54. The van der Waals surface area contributed by atoms with Gasteiger partial charge in [-0.3, -0.25) is 4.79 Å². The molecule has 2 fully saturated rings. The van der Waals surface area contributed by atoms with Gasteiger partial charge in [0.1, 0.15) is 0 Å². The lowest BCUT2D eigenvalue weighted by Crippen LogP contribution is -2.20. The van der Waals surface area contributed by atoms with Crippen molar-refractivity contribution in [3.8, 4) is 0 Å². The number of hydrogen-bond acceptors (Lipinski definition) is 3. The van der Waals surface area contributed by atoms with Gasteiger partial charge >= 0.3 is 0 Å².